The second-order valence-electron chi connectivity index (χ2n) is 4.33. The summed E-state index contributed by atoms with van der Waals surface area (Å²) in [5.41, 5.74) is 1.69. The van der Waals surface area contributed by atoms with E-state index in [2.05, 4.69) is 9.46 Å². The van der Waals surface area contributed by atoms with Gasteiger partial charge in [-0.25, -0.2) is 9.52 Å². The number of alkyl halides is 1. The molecule has 0 aliphatic heterocycles. The Bertz CT molecular complexity index is 543. The molecule has 1 rings (SSSR count). The summed E-state index contributed by atoms with van der Waals surface area (Å²) in [5, 5.41) is 0. The van der Waals surface area contributed by atoms with E-state index in [1.807, 2.05) is 0 Å². The van der Waals surface area contributed by atoms with Crippen molar-refractivity contribution >= 4 is 27.9 Å². The molecule has 1 amide bonds. The molecule has 8 heteroatoms. The molecule has 0 fully saturated rings. The van der Waals surface area contributed by atoms with Gasteiger partial charge < -0.3 is 4.74 Å². The molecule has 6 nitrogen and oxygen atoms in total. The van der Waals surface area contributed by atoms with Gasteiger partial charge in [0.2, 0.25) is 0 Å². The molecule has 0 atom stereocenters. The molecule has 1 aromatic rings. The van der Waals surface area contributed by atoms with E-state index in [0.717, 1.165) is 11.1 Å². The van der Waals surface area contributed by atoms with Crippen LogP contribution in [0, 0.1) is 0 Å². The summed E-state index contributed by atoms with van der Waals surface area (Å²) in [6, 6.07) is 7.12. The van der Waals surface area contributed by atoms with Crippen LogP contribution in [0.25, 0.3) is 0 Å². The molecule has 0 radical (unpaired) electrons. The lowest BCUT2D eigenvalue weighted by molar-refractivity contribution is 0.121. The Hall–Kier alpha value is -1.31. The van der Waals surface area contributed by atoms with Crippen LogP contribution in [0.2, 0.25) is 0 Å². The molecule has 1 aromatic carbocycles. The molecule has 0 aliphatic rings. The minimum atomic E-state index is -3.94. The molecular weight excluding hydrogens is 304 g/mol. The molecule has 0 spiro atoms. The number of amides is 1. The highest BCUT2D eigenvalue weighted by Gasteiger charge is 2.15. The fraction of sp³-hybridized carbons (Fsp3) is 0.417. The molecule has 0 aliphatic carbocycles. The van der Waals surface area contributed by atoms with E-state index < -0.39 is 22.4 Å². The van der Waals surface area contributed by atoms with E-state index in [9.17, 15) is 13.2 Å². The Morgan fingerprint density at radius 2 is 1.80 bits per heavy atom. The summed E-state index contributed by atoms with van der Waals surface area (Å²) in [4.78, 5) is 11.2. The summed E-state index contributed by atoms with van der Waals surface area (Å²) in [6.45, 7) is 3.31. The number of carbonyl (C=O) groups excluding carboxylic acids is 1. The highest BCUT2D eigenvalue weighted by atomic mass is 35.5. The first kappa shape index (κ1) is 16.7. The highest BCUT2D eigenvalue weighted by molar-refractivity contribution is 7.88. The maximum Gasteiger partial charge on any atom is 0.422 e. The summed E-state index contributed by atoms with van der Waals surface area (Å²) in [6.07, 6.45) is -1.40. The Balaban J connectivity index is 2.52. The van der Waals surface area contributed by atoms with Crippen LogP contribution in [-0.4, -0.2) is 20.6 Å². The Morgan fingerprint density at radius 3 is 2.30 bits per heavy atom. The van der Waals surface area contributed by atoms with Crippen molar-refractivity contribution in [2.75, 3.05) is 0 Å². The Labute approximate surface area is 123 Å². The number of halogens is 1. The van der Waals surface area contributed by atoms with Gasteiger partial charge in [-0.05, 0) is 25.0 Å². The van der Waals surface area contributed by atoms with Crippen molar-refractivity contribution in [2.24, 2.45) is 0 Å². The highest BCUT2D eigenvalue weighted by Crippen LogP contribution is 2.06. The van der Waals surface area contributed by atoms with Crippen LogP contribution in [0.5, 0.6) is 0 Å². The summed E-state index contributed by atoms with van der Waals surface area (Å²) in [5.74, 6) is 0.397. The molecule has 0 saturated carbocycles. The van der Waals surface area contributed by atoms with Gasteiger partial charge in [-0.2, -0.15) is 13.1 Å². The number of carbonyl (C=O) groups is 1. The molecule has 0 unspecified atom stereocenters. The van der Waals surface area contributed by atoms with Gasteiger partial charge in [0.15, 0.2) is 0 Å². The van der Waals surface area contributed by atoms with Gasteiger partial charge in [0.1, 0.15) is 0 Å². The third-order valence-corrected chi connectivity index (χ3v) is 3.47. The standard InChI is InChI=1S/C12H17ClN2O4S/c1-9(2)19-12(16)15-20(17,18)14-8-11-5-3-10(7-13)4-6-11/h3-6,9,14H,7-8H2,1-2H3,(H,15,16). The Morgan fingerprint density at radius 1 is 1.25 bits per heavy atom. The monoisotopic (exact) mass is 320 g/mol. The molecule has 112 valence electrons. The van der Waals surface area contributed by atoms with Crippen molar-refractivity contribution in [1.82, 2.24) is 9.44 Å². The lowest BCUT2D eigenvalue weighted by Crippen LogP contribution is -2.40. The SMILES string of the molecule is CC(C)OC(=O)NS(=O)(=O)NCc1ccc(CCl)cc1. The van der Waals surface area contributed by atoms with E-state index in [1.54, 1.807) is 42.8 Å². The maximum atomic E-state index is 11.6. The van der Waals surface area contributed by atoms with Crippen LogP contribution >= 0.6 is 11.6 Å². The summed E-state index contributed by atoms with van der Waals surface area (Å²) in [7, 11) is -3.94. The maximum absolute atomic E-state index is 11.6. The summed E-state index contributed by atoms with van der Waals surface area (Å²) >= 11 is 5.65. The predicted molar refractivity (Wildman–Crippen MR) is 76.5 cm³/mol. The van der Waals surface area contributed by atoms with E-state index >= 15 is 0 Å². The fourth-order valence-electron chi connectivity index (χ4n) is 1.31. The number of ether oxygens (including phenoxy) is 1. The van der Waals surface area contributed by atoms with E-state index in [1.165, 1.54) is 0 Å². The second kappa shape index (κ2) is 7.47. The van der Waals surface area contributed by atoms with Gasteiger partial charge >= 0.3 is 16.3 Å². The largest absolute Gasteiger partial charge is 0.446 e. The fourth-order valence-corrected chi connectivity index (χ4v) is 2.18. The zero-order chi connectivity index (χ0) is 15.2. The van der Waals surface area contributed by atoms with E-state index in [4.69, 9.17) is 11.6 Å². The van der Waals surface area contributed by atoms with Gasteiger partial charge in [-0.1, -0.05) is 24.3 Å². The number of nitrogens with one attached hydrogen (secondary N) is 2. The first-order valence-electron chi connectivity index (χ1n) is 5.94. The van der Waals surface area contributed by atoms with Crippen molar-refractivity contribution in [1.29, 1.82) is 0 Å². The van der Waals surface area contributed by atoms with E-state index in [0.29, 0.717) is 5.88 Å². The van der Waals surface area contributed by atoms with E-state index in [-0.39, 0.29) is 6.54 Å². The molecule has 0 saturated heterocycles. The minimum absolute atomic E-state index is 0.0624. The number of hydrogen-bond acceptors (Lipinski definition) is 4. The quantitative estimate of drug-likeness (QED) is 0.784. The molecule has 20 heavy (non-hydrogen) atoms. The van der Waals surface area contributed by atoms with Crippen molar-refractivity contribution in [3.63, 3.8) is 0 Å². The molecular formula is C12H17ClN2O4S. The van der Waals surface area contributed by atoms with Gasteiger partial charge in [-0.3, -0.25) is 0 Å². The topological polar surface area (TPSA) is 84.5 Å². The van der Waals surface area contributed by atoms with Crippen molar-refractivity contribution in [3.05, 3.63) is 35.4 Å². The van der Waals surface area contributed by atoms with Gasteiger partial charge in [0.25, 0.3) is 0 Å². The third kappa shape index (κ3) is 6.23. The van der Waals surface area contributed by atoms with Crippen LogP contribution in [0.1, 0.15) is 25.0 Å². The number of rotatable bonds is 6. The minimum Gasteiger partial charge on any atom is -0.446 e. The summed E-state index contributed by atoms with van der Waals surface area (Å²) < 4.78 is 31.8. The molecule has 0 aromatic heterocycles. The van der Waals surface area contributed by atoms with Crippen LogP contribution in [0.4, 0.5) is 4.79 Å². The zero-order valence-electron chi connectivity index (χ0n) is 11.2. The van der Waals surface area contributed by atoms with Crippen molar-refractivity contribution in [2.45, 2.75) is 32.4 Å². The second-order valence-corrected chi connectivity index (χ2v) is 6.10. The number of benzene rings is 1. The first-order chi connectivity index (χ1) is 9.32. The average Bonchev–Trinajstić information content (AvgIpc) is 2.35. The average molecular weight is 321 g/mol. The van der Waals surface area contributed by atoms with Crippen LogP contribution in [0.15, 0.2) is 24.3 Å². The molecule has 0 bridgehead atoms. The molecule has 0 heterocycles. The smallest absolute Gasteiger partial charge is 0.422 e. The van der Waals surface area contributed by atoms with Crippen molar-refractivity contribution < 1.29 is 17.9 Å². The van der Waals surface area contributed by atoms with Crippen LogP contribution in [0.3, 0.4) is 0 Å². The lowest BCUT2D eigenvalue weighted by atomic mass is 10.1. The van der Waals surface area contributed by atoms with Crippen LogP contribution < -0.4 is 9.44 Å². The van der Waals surface area contributed by atoms with Gasteiger partial charge in [0.05, 0.1) is 6.10 Å². The zero-order valence-corrected chi connectivity index (χ0v) is 12.8. The Kier molecular flexibility index (Phi) is 6.25. The van der Waals surface area contributed by atoms with Gasteiger partial charge in [-0.15, -0.1) is 11.6 Å². The van der Waals surface area contributed by atoms with Crippen LogP contribution in [-0.2, 0) is 27.4 Å². The number of hydrogen-bond donors (Lipinski definition) is 2. The van der Waals surface area contributed by atoms with Gasteiger partial charge in [0, 0.05) is 12.4 Å². The third-order valence-electron chi connectivity index (χ3n) is 2.20. The predicted octanol–water partition coefficient (Wildman–Crippen LogP) is 1.89. The lowest BCUT2D eigenvalue weighted by Gasteiger charge is -2.11. The normalized spacial score (nSPS) is 11.4. The molecule has 2 N–H and O–H groups in total. The first-order valence-corrected chi connectivity index (χ1v) is 7.96. The van der Waals surface area contributed by atoms with Crippen molar-refractivity contribution in [3.8, 4) is 0 Å².